The number of piperidine rings is 1. The van der Waals surface area contributed by atoms with Crippen molar-refractivity contribution in [3.05, 3.63) is 34.3 Å². The molecule has 0 aromatic heterocycles. The van der Waals surface area contributed by atoms with Crippen molar-refractivity contribution in [2.75, 3.05) is 19.7 Å². The predicted octanol–water partition coefficient (Wildman–Crippen LogP) is 4.32. The highest BCUT2D eigenvalue weighted by atomic mass is 79.9. The van der Waals surface area contributed by atoms with Gasteiger partial charge in [-0.25, -0.2) is 4.79 Å². The number of esters is 1. The van der Waals surface area contributed by atoms with Gasteiger partial charge in [-0.2, -0.15) is 0 Å². The van der Waals surface area contributed by atoms with Gasteiger partial charge in [0.1, 0.15) is 5.84 Å². The fourth-order valence-corrected chi connectivity index (χ4v) is 3.72. The summed E-state index contributed by atoms with van der Waals surface area (Å²) in [4.78, 5) is 26.2. The van der Waals surface area contributed by atoms with E-state index in [-0.39, 0.29) is 29.7 Å². The smallest absolute Gasteiger partial charge is 0.322 e. The van der Waals surface area contributed by atoms with Crippen molar-refractivity contribution in [1.82, 2.24) is 10.2 Å². The van der Waals surface area contributed by atoms with Crippen molar-refractivity contribution in [2.24, 2.45) is 11.8 Å². The van der Waals surface area contributed by atoms with Crippen molar-refractivity contribution in [3.8, 4) is 0 Å². The minimum Gasteiger partial charge on any atom is -0.466 e. The summed E-state index contributed by atoms with van der Waals surface area (Å²) in [5, 5.41) is 11.4. The molecule has 7 heteroatoms. The van der Waals surface area contributed by atoms with Gasteiger partial charge in [0.25, 0.3) is 0 Å². The summed E-state index contributed by atoms with van der Waals surface area (Å²) >= 11 is 3.44. The fraction of sp³-hybridized carbons (Fsp3) is 0.571. The molecule has 0 radical (unpaired) electrons. The molecule has 0 bridgehead atoms. The number of nitrogens with zero attached hydrogens (tertiary/aromatic N) is 1. The van der Waals surface area contributed by atoms with Gasteiger partial charge in [0.2, 0.25) is 0 Å². The van der Waals surface area contributed by atoms with Crippen LogP contribution in [0.15, 0.2) is 28.7 Å². The molecule has 0 aliphatic carbocycles. The van der Waals surface area contributed by atoms with Gasteiger partial charge in [-0.05, 0) is 50.3 Å². The number of amidine groups is 1. The number of rotatable bonds is 5. The number of halogens is 1. The second-order valence-electron chi connectivity index (χ2n) is 7.68. The Hall–Kier alpha value is -1.89. The Labute approximate surface area is 175 Å². The Balaban J connectivity index is 2.03. The molecule has 0 saturated carbocycles. The third-order valence-electron chi connectivity index (χ3n) is 5.75. The highest BCUT2D eigenvalue weighted by Crippen LogP contribution is 2.33. The minimum absolute atomic E-state index is 0.121. The number of carbonyl (C=O) groups excluding carboxylic acids is 2. The summed E-state index contributed by atoms with van der Waals surface area (Å²) in [6.45, 7) is 9.22. The number of urea groups is 1. The number of amides is 2. The number of ether oxygens (including phenoxy) is 1. The van der Waals surface area contributed by atoms with Crippen LogP contribution in [0.1, 0.15) is 46.1 Å². The van der Waals surface area contributed by atoms with Crippen molar-refractivity contribution in [1.29, 1.82) is 5.41 Å². The lowest BCUT2D eigenvalue weighted by molar-refractivity contribution is -0.149. The van der Waals surface area contributed by atoms with Crippen LogP contribution in [0.4, 0.5) is 4.79 Å². The molecule has 1 aliphatic heterocycles. The third kappa shape index (κ3) is 4.93. The topological polar surface area (TPSA) is 82.5 Å². The molecule has 2 amide bonds. The van der Waals surface area contributed by atoms with E-state index in [0.29, 0.717) is 32.5 Å². The molecule has 1 aliphatic rings. The van der Waals surface area contributed by atoms with Gasteiger partial charge in [-0.15, -0.1) is 0 Å². The maximum Gasteiger partial charge on any atom is 0.322 e. The number of hydrogen-bond acceptors (Lipinski definition) is 4. The van der Waals surface area contributed by atoms with Crippen LogP contribution in [0.5, 0.6) is 0 Å². The average molecular weight is 452 g/mol. The van der Waals surface area contributed by atoms with E-state index in [1.165, 1.54) is 0 Å². The van der Waals surface area contributed by atoms with E-state index in [9.17, 15) is 9.59 Å². The SMILES string of the molecule is CCOC(=O)C1CCN(C(=O)NC(=N)C(C)(c2ccc(Br)cc2)C(C)C)CC1. The molecule has 28 heavy (non-hydrogen) atoms. The van der Waals surface area contributed by atoms with E-state index in [1.807, 2.05) is 45.0 Å². The summed E-state index contributed by atoms with van der Waals surface area (Å²) < 4.78 is 6.05. The molecule has 1 heterocycles. The molecule has 1 aromatic rings. The first-order chi connectivity index (χ1) is 13.2. The molecule has 2 rings (SSSR count). The predicted molar refractivity (Wildman–Crippen MR) is 114 cm³/mol. The van der Waals surface area contributed by atoms with Crippen LogP contribution in [0.3, 0.4) is 0 Å². The fourth-order valence-electron chi connectivity index (χ4n) is 3.46. The van der Waals surface area contributed by atoms with E-state index in [4.69, 9.17) is 10.1 Å². The maximum atomic E-state index is 12.7. The summed E-state index contributed by atoms with van der Waals surface area (Å²) in [6, 6.07) is 7.58. The lowest BCUT2D eigenvalue weighted by Gasteiger charge is -2.37. The summed E-state index contributed by atoms with van der Waals surface area (Å²) in [5.74, 6) is -0.0246. The largest absolute Gasteiger partial charge is 0.466 e. The Morgan fingerprint density at radius 2 is 1.86 bits per heavy atom. The summed E-state index contributed by atoms with van der Waals surface area (Å²) in [7, 11) is 0. The van der Waals surface area contributed by atoms with Gasteiger partial charge < -0.3 is 9.64 Å². The standard InChI is InChI=1S/C21H30BrN3O3/c1-5-28-18(26)15-10-12-25(13-11-15)20(27)24-19(23)21(4,14(2)3)16-6-8-17(22)9-7-16/h6-9,14-15H,5,10-13H2,1-4H3,(H2,23,24,27). The van der Waals surface area contributed by atoms with Crippen LogP contribution in [0.25, 0.3) is 0 Å². The molecule has 2 N–H and O–H groups in total. The van der Waals surface area contributed by atoms with Crippen LogP contribution < -0.4 is 5.32 Å². The minimum atomic E-state index is -0.611. The molecule has 154 valence electrons. The molecule has 1 aromatic carbocycles. The lowest BCUT2D eigenvalue weighted by Crippen LogP contribution is -2.53. The lowest BCUT2D eigenvalue weighted by atomic mass is 9.72. The number of benzene rings is 1. The van der Waals surface area contributed by atoms with Crippen LogP contribution in [-0.2, 0) is 14.9 Å². The van der Waals surface area contributed by atoms with Gasteiger partial charge in [0.15, 0.2) is 0 Å². The summed E-state index contributed by atoms with van der Waals surface area (Å²) in [5.41, 5.74) is 0.372. The number of nitrogens with one attached hydrogen (secondary N) is 2. The van der Waals surface area contributed by atoms with Gasteiger partial charge in [-0.1, -0.05) is 41.9 Å². The molecule has 1 atom stereocenters. The third-order valence-corrected chi connectivity index (χ3v) is 6.28. The monoisotopic (exact) mass is 451 g/mol. The molecular formula is C21H30BrN3O3. The van der Waals surface area contributed by atoms with Gasteiger partial charge in [0.05, 0.1) is 17.9 Å². The van der Waals surface area contributed by atoms with Crippen LogP contribution in [0, 0.1) is 17.2 Å². The van der Waals surface area contributed by atoms with Gasteiger partial charge >= 0.3 is 12.0 Å². The highest BCUT2D eigenvalue weighted by molar-refractivity contribution is 9.10. The van der Waals surface area contributed by atoms with E-state index in [2.05, 4.69) is 21.2 Å². The van der Waals surface area contributed by atoms with E-state index in [0.717, 1.165) is 10.0 Å². The number of hydrogen-bond donors (Lipinski definition) is 2. The molecule has 6 nitrogen and oxygen atoms in total. The maximum absolute atomic E-state index is 12.7. The Morgan fingerprint density at radius 3 is 2.36 bits per heavy atom. The number of carbonyl (C=O) groups is 2. The van der Waals surface area contributed by atoms with E-state index >= 15 is 0 Å². The van der Waals surface area contributed by atoms with E-state index < -0.39 is 5.41 Å². The Morgan fingerprint density at radius 1 is 1.29 bits per heavy atom. The molecule has 1 unspecified atom stereocenters. The van der Waals surface area contributed by atoms with Gasteiger partial charge in [0, 0.05) is 17.6 Å². The first-order valence-electron chi connectivity index (χ1n) is 9.77. The van der Waals surface area contributed by atoms with Crippen LogP contribution >= 0.6 is 15.9 Å². The van der Waals surface area contributed by atoms with Crippen LogP contribution in [0.2, 0.25) is 0 Å². The first-order valence-corrected chi connectivity index (χ1v) is 10.6. The zero-order valence-electron chi connectivity index (χ0n) is 17.0. The van der Waals surface area contributed by atoms with Crippen molar-refractivity contribution < 1.29 is 14.3 Å². The Kier molecular flexibility index (Phi) is 7.63. The van der Waals surface area contributed by atoms with Gasteiger partial charge in [-0.3, -0.25) is 15.5 Å². The molecular weight excluding hydrogens is 422 g/mol. The first kappa shape index (κ1) is 22.4. The molecule has 1 saturated heterocycles. The Bertz CT molecular complexity index is 712. The quantitative estimate of drug-likeness (QED) is 0.397. The zero-order valence-corrected chi connectivity index (χ0v) is 18.6. The van der Waals surface area contributed by atoms with Crippen LogP contribution in [-0.4, -0.2) is 42.4 Å². The highest BCUT2D eigenvalue weighted by Gasteiger charge is 2.37. The second-order valence-corrected chi connectivity index (χ2v) is 8.60. The normalized spacial score (nSPS) is 17.1. The van der Waals surface area contributed by atoms with Crippen molar-refractivity contribution in [3.63, 3.8) is 0 Å². The summed E-state index contributed by atoms with van der Waals surface area (Å²) in [6.07, 6.45) is 1.18. The average Bonchev–Trinajstić information content (AvgIpc) is 2.67. The molecule has 1 fully saturated rings. The van der Waals surface area contributed by atoms with Crippen molar-refractivity contribution >= 4 is 33.8 Å². The number of likely N-dealkylation sites (tertiary alicyclic amines) is 1. The van der Waals surface area contributed by atoms with Crippen molar-refractivity contribution in [2.45, 2.75) is 46.0 Å². The van der Waals surface area contributed by atoms with E-state index in [1.54, 1.807) is 11.8 Å². The zero-order chi connectivity index (χ0) is 20.9. The molecule has 0 spiro atoms. The second kappa shape index (κ2) is 9.54.